The standard InChI is InChI=1S/C13H13N3O2/c14-13-11(7-4-8-12(13)16(17)18)15-9-10-5-2-1-3-6-10/h1-8,15H,9,14H2. The number of nitrogens with zero attached hydrogens (tertiary/aromatic N) is 1. The first kappa shape index (κ1) is 11.9. The highest BCUT2D eigenvalue weighted by atomic mass is 16.6. The number of anilines is 2. The zero-order valence-corrected chi connectivity index (χ0v) is 9.67. The molecule has 0 aromatic heterocycles. The number of para-hydroxylation sites is 1. The predicted molar refractivity (Wildman–Crippen MR) is 71.3 cm³/mol. The zero-order valence-electron chi connectivity index (χ0n) is 9.67. The molecular formula is C13H13N3O2. The highest BCUT2D eigenvalue weighted by Gasteiger charge is 2.13. The molecule has 2 rings (SSSR count). The second-order valence-corrected chi connectivity index (χ2v) is 3.83. The molecule has 0 aliphatic rings. The quantitative estimate of drug-likeness (QED) is 0.491. The van der Waals surface area contributed by atoms with E-state index in [-0.39, 0.29) is 11.4 Å². The van der Waals surface area contributed by atoms with E-state index in [0.29, 0.717) is 12.2 Å². The average molecular weight is 243 g/mol. The molecular weight excluding hydrogens is 230 g/mol. The van der Waals surface area contributed by atoms with Gasteiger partial charge in [-0.15, -0.1) is 0 Å². The Labute approximate surface area is 104 Å². The van der Waals surface area contributed by atoms with Gasteiger partial charge in [0.25, 0.3) is 5.69 Å². The van der Waals surface area contributed by atoms with Crippen LogP contribution in [0.1, 0.15) is 5.56 Å². The van der Waals surface area contributed by atoms with Crippen LogP contribution in [0.15, 0.2) is 48.5 Å². The van der Waals surface area contributed by atoms with Gasteiger partial charge in [0.2, 0.25) is 0 Å². The Morgan fingerprint density at radius 1 is 1.11 bits per heavy atom. The molecule has 5 nitrogen and oxygen atoms in total. The van der Waals surface area contributed by atoms with Gasteiger partial charge < -0.3 is 11.1 Å². The average Bonchev–Trinajstić information content (AvgIpc) is 2.38. The fourth-order valence-corrected chi connectivity index (χ4v) is 1.66. The van der Waals surface area contributed by atoms with E-state index in [2.05, 4.69) is 5.32 Å². The van der Waals surface area contributed by atoms with Crippen LogP contribution in [-0.4, -0.2) is 4.92 Å². The van der Waals surface area contributed by atoms with Gasteiger partial charge in [-0.05, 0) is 11.6 Å². The summed E-state index contributed by atoms with van der Waals surface area (Å²) in [5, 5.41) is 13.8. The van der Waals surface area contributed by atoms with Crippen molar-refractivity contribution in [3.8, 4) is 0 Å². The maximum Gasteiger partial charge on any atom is 0.294 e. The molecule has 2 aromatic rings. The first-order valence-electron chi connectivity index (χ1n) is 5.49. The predicted octanol–water partition coefficient (Wildman–Crippen LogP) is 2.79. The maximum absolute atomic E-state index is 10.7. The molecule has 3 N–H and O–H groups in total. The van der Waals surface area contributed by atoms with Gasteiger partial charge in [-0.1, -0.05) is 36.4 Å². The van der Waals surface area contributed by atoms with Crippen LogP contribution in [0.2, 0.25) is 0 Å². The molecule has 92 valence electrons. The van der Waals surface area contributed by atoms with Crippen molar-refractivity contribution in [3.63, 3.8) is 0 Å². The first-order valence-corrected chi connectivity index (χ1v) is 5.49. The van der Waals surface area contributed by atoms with Crippen molar-refractivity contribution >= 4 is 17.1 Å². The second kappa shape index (κ2) is 5.18. The van der Waals surface area contributed by atoms with Crippen molar-refractivity contribution in [2.75, 3.05) is 11.1 Å². The van der Waals surface area contributed by atoms with E-state index in [4.69, 9.17) is 5.73 Å². The lowest BCUT2D eigenvalue weighted by Crippen LogP contribution is -2.04. The van der Waals surface area contributed by atoms with Gasteiger partial charge in [-0.3, -0.25) is 10.1 Å². The molecule has 0 amide bonds. The van der Waals surface area contributed by atoms with Crippen molar-refractivity contribution in [2.45, 2.75) is 6.54 Å². The second-order valence-electron chi connectivity index (χ2n) is 3.83. The summed E-state index contributed by atoms with van der Waals surface area (Å²) in [7, 11) is 0. The maximum atomic E-state index is 10.7. The molecule has 5 heteroatoms. The number of nitrogens with two attached hydrogens (primary N) is 1. The topological polar surface area (TPSA) is 81.2 Å². The SMILES string of the molecule is Nc1c(NCc2ccccc2)cccc1[N+](=O)[O-]. The first-order chi connectivity index (χ1) is 8.68. The van der Waals surface area contributed by atoms with Gasteiger partial charge in [0.1, 0.15) is 5.69 Å². The van der Waals surface area contributed by atoms with E-state index < -0.39 is 4.92 Å². The lowest BCUT2D eigenvalue weighted by atomic mass is 10.2. The van der Waals surface area contributed by atoms with E-state index >= 15 is 0 Å². The highest BCUT2D eigenvalue weighted by Crippen LogP contribution is 2.29. The van der Waals surface area contributed by atoms with Crippen molar-refractivity contribution < 1.29 is 4.92 Å². The van der Waals surface area contributed by atoms with Gasteiger partial charge in [0.05, 0.1) is 10.6 Å². The lowest BCUT2D eigenvalue weighted by Gasteiger charge is -2.09. The Kier molecular flexibility index (Phi) is 3.43. The summed E-state index contributed by atoms with van der Waals surface area (Å²) < 4.78 is 0. The van der Waals surface area contributed by atoms with E-state index in [1.165, 1.54) is 6.07 Å². The normalized spacial score (nSPS) is 10.0. The number of nitrogens with one attached hydrogen (secondary N) is 1. The molecule has 0 aliphatic carbocycles. The zero-order chi connectivity index (χ0) is 13.0. The number of rotatable bonds is 4. The molecule has 0 saturated carbocycles. The van der Waals surface area contributed by atoms with E-state index in [0.717, 1.165) is 5.56 Å². The minimum atomic E-state index is -0.483. The molecule has 0 fully saturated rings. The lowest BCUT2D eigenvalue weighted by molar-refractivity contribution is -0.383. The molecule has 0 bridgehead atoms. The van der Waals surface area contributed by atoms with E-state index in [9.17, 15) is 10.1 Å². The highest BCUT2D eigenvalue weighted by molar-refractivity contribution is 5.75. The summed E-state index contributed by atoms with van der Waals surface area (Å²) in [5.41, 5.74) is 7.50. The monoisotopic (exact) mass is 243 g/mol. The molecule has 0 spiro atoms. The molecule has 0 aliphatic heterocycles. The summed E-state index contributed by atoms with van der Waals surface area (Å²) >= 11 is 0. The number of hydrogen-bond acceptors (Lipinski definition) is 4. The Hall–Kier alpha value is -2.56. The van der Waals surface area contributed by atoms with Crippen LogP contribution in [0.5, 0.6) is 0 Å². The summed E-state index contributed by atoms with van der Waals surface area (Å²) in [5.74, 6) is 0. The molecule has 0 unspecified atom stereocenters. The fourth-order valence-electron chi connectivity index (χ4n) is 1.66. The number of nitro groups is 1. The number of nitro benzene ring substituents is 1. The van der Waals surface area contributed by atoms with Crippen LogP contribution in [0.25, 0.3) is 0 Å². The Morgan fingerprint density at radius 2 is 1.83 bits per heavy atom. The van der Waals surface area contributed by atoms with Crippen molar-refractivity contribution in [1.29, 1.82) is 0 Å². The third-order valence-corrected chi connectivity index (χ3v) is 2.61. The van der Waals surface area contributed by atoms with Crippen LogP contribution in [0.4, 0.5) is 17.1 Å². The van der Waals surface area contributed by atoms with Crippen LogP contribution in [0, 0.1) is 10.1 Å². The van der Waals surface area contributed by atoms with Crippen LogP contribution < -0.4 is 11.1 Å². The van der Waals surface area contributed by atoms with E-state index in [1.807, 2.05) is 30.3 Å². The Bertz CT molecular complexity index is 555. The van der Waals surface area contributed by atoms with Crippen molar-refractivity contribution in [2.24, 2.45) is 0 Å². The van der Waals surface area contributed by atoms with Gasteiger partial charge in [0.15, 0.2) is 0 Å². The third kappa shape index (κ3) is 2.57. The minimum Gasteiger partial charge on any atom is -0.391 e. The van der Waals surface area contributed by atoms with Crippen LogP contribution in [-0.2, 0) is 6.54 Å². The van der Waals surface area contributed by atoms with Gasteiger partial charge in [-0.25, -0.2) is 0 Å². The molecule has 0 saturated heterocycles. The van der Waals surface area contributed by atoms with Gasteiger partial charge >= 0.3 is 0 Å². The summed E-state index contributed by atoms with van der Waals surface area (Å²) in [6.07, 6.45) is 0. The molecule has 2 aromatic carbocycles. The van der Waals surface area contributed by atoms with Crippen molar-refractivity contribution in [1.82, 2.24) is 0 Å². The molecule has 0 radical (unpaired) electrons. The summed E-state index contributed by atoms with van der Waals surface area (Å²) in [6.45, 7) is 0.576. The molecule has 0 heterocycles. The fraction of sp³-hybridized carbons (Fsp3) is 0.0769. The van der Waals surface area contributed by atoms with E-state index in [1.54, 1.807) is 12.1 Å². The molecule has 18 heavy (non-hydrogen) atoms. The van der Waals surface area contributed by atoms with Gasteiger partial charge in [0, 0.05) is 12.6 Å². The summed E-state index contributed by atoms with van der Waals surface area (Å²) in [4.78, 5) is 10.3. The van der Waals surface area contributed by atoms with Crippen LogP contribution >= 0.6 is 0 Å². The van der Waals surface area contributed by atoms with Crippen LogP contribution in [0.3, 0.4) is 0 Å². The Morgan fingerprint density at radius 3 is 2.50 bits per heavy atom. The molecule has 0 atom stereocenters. The number of hydrogen-bond donors (Lipinski definition) is 2. The Balaban J connectivity index is 2.15. The largest absolute Gasteiger partial charge is 0.391 e. The number of benzene rings is 2. The van der Waals surface area contributed by atoms with Gasteiger partial charge in [-0.2, -0.15) is 0 Å². The third-order valence-electron chi connectivity index (χ3n) is 2.61. The number of nitrogen functional groups attached to an aromatic ring is 1. The minimum absolute atomic E-state index is 0.0759. The smallest absolute Gasteiger partial charge is 0.294 e. The summed E-state index contributed by atoms with van der Waals surface area (Å²) in [6, 6.07) is 14.5. The van der Waals surface area contributed by atoms with Crippen molar-refractivity contribution in [3.05, 3.63) is 64.2 Å².